The van der Waals surface area contributed by atoms with Gasteiger partial charge in [0.15, 0.2) is 0 Å². The number of nitro groups is 2. The van der Waals surface area contributed by atoms with Gasteiger partial charge in [0, 0.05) is 60.1 Å². The number of ether oxygens (including phenoxy) is 2. The van der Waals surface area contributed by atoms with Gasteiger partial charge in [0.2, 0.25) is 5.91 Å². The van der Waals surface area contributed by atoms with Gasteiger partial charge >= 0.3 is 17.9 Å². The molecule has 2 fully saturated rings. The van der Waals surface area contributed by atoms with Crippen molar-refractivity contribution in [1.82, 2.24) is 5.32 Å². The average molecular weight is 907 g/mol. The summed E-state index contributed by atoms with van der Waals surface area (Å²) >= 11 is 0. The lowest BCUT2D eigenvalue weighted by Crippen LogP contribution is -2.52. The normalized spacial score (nSPS) is 15.8. The molecule has 4 N–H and O–H groups in total. The van der Waals surface area contributed by atoms with E-state index in [9.17, 15) is 56.2 Å². The third kappa shape index (κ3) is 17.5. The van der Waals surface area contributed by atoms with Crippen LogP contribution in [0.3, 0.4) is 0 Å². The van der Waals surface area contributed by atoms with Crippen LogP contribution in [0.25, 0.3) is 0 Å². The van der Waals surface area contributed by atoms with E-state index in [2.05, 4.69) is 10.1 Å². The van der Waals surface area contributed by atoms with E-state index in [1.807, 2.05) is 0 Å². The van der Waals surface area contributed by atoms with Crippen molar-refractivity contribution in [3.8, 4) is 0 Å². The molecule has 2 aliphatic carbocycles. The fourth-order valence-corrected chi connectivity index (χ4v) is 7.93. The van der Waals surface area contributed by atoms with Crippen molar-refractivity contribution in [3.05, 3.63) is 79.9 Å². The Kier molecular flexibility index (Phi) is 21.2. The second-order valence-electron chi connectivity index (χ2n) is 15.0. The van der Waals surface area contributed by atoms with E-state index in [4.69, 9.17) is 15.6 Å². The van der Waals surface area contributed by atoms with Crippen LogP contribution in [0.4, 0.5) is 11.4 Å². The van der Waals surface area contributed by atoms with Crippen molar-refractivity contribution in [2.24, 2.45) is 16.6 Å². The highest BCUT2D eigenvalue weighted by atomic mass is 35.5. The molecular formula is C38H55ClN4O15S2. The molecule has 22 heteroatoms. The van der Waals surface area contributed by atoms with Crippen molar-refractivity contribution >= 4 is 67.3 Å². The van der Waals surface area contributed by atoms with Crippen LogP contribution < -0.4 is 11.1 Å². The first-order chi connectivity index (χ1) is 27.5. The summed E-state index contributed by atoms with van der Waals surface area (Å²) in [6, 6.07) is 9.96. The number of nitrogens with one attached hydrogen (secondary N) is 1. The Labute approximate surface area is 355 Å². The van der Waals surface area contributed by atoms with Gasteiger partial charge in [-0.25, -0.2) is 21.6 Å². The molecule has 2 saturated carbocycles. The molecule has 0 radical (unpaired) electrons. The van der Waals surface area contributed by atoms with E-state index in [0.717, 1.165) is 24.7 Å². The zero-order valence-corrected chi connectivity index (χ0v) is 36.5. The van der Waals surface area contributed by atoms with E-state index < -0.39 is 70.3 Å². The van der Waals surface area contributed by atoms with Crippen molar-refractivity contribution < 1.29 is 60.4 Å². The lowest BCUT2D eigenvalue weighted by atomic mass is 9.65. The van der Waals surface area contributed by atoms with Gasteiger partial charge in [0.25, 0.3) is 11.4 Å². The van der Waals surface area contributed by atoms with Gasteiger partial charge in [-0.15, -0.1) is 12.4 Å². The Morgan fingerprint density at radius 2 is 1.12 bits per heavy atom. The number of benzene rings is 2. The molecule has 0 heterocycles. The molecule has 0 bridgehead atoms. The SMILES string of the molecule is COC(=O)C(Cc1ccc([N+](=O)[O-])cc1)NC(=O)C1(CCCS(C)(=O)=O)CCC1.COC(=O)C(N)Cc1ccc([N+](=O)[O-])cc1.CS(=O)(=O)CCCC1(C(=O)O)CCC1.Cl. The molecule has 0 spiro atoms. The largest absolute Gasteiger partial charge is 0.481 e. The minimum Gasteiger partial charge on any atom is -0.481 e. The highest BCUT2D eigenvalue weighted by Gasteiger charge is 2.45. The number of nitrogens with zero attached hydrogens (tertiary/aromatic N) is 2. The van der Waals surface area contributed by atoms with Gasteiger partial charge in [-0.3, -0.25) is 34.6 Å². The number of carboxylic acid groups (broad SMARTS) is 1. The minimum absolute atomic E-state index is 0. The number of esters is 2. The number of carbonyl (C=O) groups is 4. The van der Waals surface area contributed by atoms with Crippen LogP contribution in [-0.4, -0.2) is 106 Å². The molecule has 2 aliphatic rings. The maximum Gasteiger partial charge on any atom is 0.328 e. The molecule has 1 amide bonds. The van der Waals surface area contributed by atoms with Crippen molar-refractivity contribution in [2.75, 3.05) is 38.2 Å². The molecule has 19 nitrogen and oxygen atoms in total. The number of amides is 1. The summed E-state index contributed by atoms with van der Waals surface area (Å²) in [7, 11) is -3.56. The quantitative estimate of drug-likeness (QED) is 0.102. The van der Waals surface area contributed by atoms with Crippen LogP contribution in [0.5, 0.6) is 0 Å². The summed E-state index contributed by atoms with van der Waals surface area (Å²) in [5.74, 6) is -2.04. The smallest absolute Gasteiger partial charge is 0.328 e. The Hall–Kier alpha value is -4.73. The number of halogens is 1. The molecule has 336 valence electrons. The topological polar surface area (TPSA) is 300 Å². The molecule has 0 saturated heterocycles. The Balaban J connectivity index is 0.000000491. The van der Waals surface area contributed by atoms with Gasteiger partial charge in [-0.2, -0.15) is 0 Å². The first-order valence-electron chi connectivity index (χ1n) is 18.7. The van der Waals surface area contributed by atoms with Crippen LogP contribution in [0.2, 0.25) is 0 Å². The molecular weight excluding hydrogens is 852 g/mol. The fourth-order valence-electron chi connectivity index (χ4n) is 6.59. The van der Waals surface area contributed by atoms with Gasteiger partial charge in [0.05, 0.1) is 29.5 Å². The van der Waals surface area contributed by atoms with Gasteiger partial charge in [0.1, 0.15) is 31.8 Å². The van der Waals surface area contributed by atoms with E-state index in [1.165, 1.54) is 56.9 Å². The van der Waals surface area contributed by atoms with Crippen LogP contribution in [0.1, 0.15) is 75.3 Å². The van der Waals surface area contributed by atoms with E-state index in [1.54, 1.807) is 12.1 Å². The first kappa shape index (κ1) is 53.3. The van der Waals surface area contributed by atoms with Crippen LogP contribution in [0, 0.1) is 31.1 Å². The lowest BCUT2D eigenvalue weighted by Gasteiger charge is -2.41. The molecule has 2 atom stereocenters. The number of sulfone groups is 2. The number of aliphatic carboxylic acids is 1. The Morgan fingerprint density at radius 1 is 0.733 bits per heavy atom. The van der Waals surface area contributed by atoms with E-state index in [0.29, 0.717) is 63.4 Å². The van der Waals surface area contributed by atoms with Gasteiger partial charge in [-0.05, 0) is 68.9 Å². The first-order valence-corrected chi connectivity index (χ1v) is 22.9. The number of hydrogen-bond acceptors (Lipinski definition) is 15. The van der Waals surface area contributed by atoms with Crippen molar-refractivity contribution in [3.63, 3.8) is 0 Å². The van der Waals surface area contributed by atoms with Crippen LogP contribution >= 0.6 is 12.4 Å². The number of nitro benzene ring substituents is 2. The van der Waals surface area contributed by atoms with Crippen LogP contribution in [-0.2, 0) is 61.2 Å². The maximum atomic E-state index is 12.9. The summed E-state index contributed by atoms with van der Waals surface area (Å²) < 4.78 is 53.7. The molecule has 0 aliphatic heterocycles. The zero-order chi connectivity index (χ0) is 44.6. The van der Waals surface area contributed by atoms with Gasteiger partial charge in [-0.1, -0.05) is 37.1 Å². The van der Waals surface area contributed by atoms with Crippen molar-refractivity contribution in [1.29, 1.82) is 0 Å². The number of methoxy groups -OCH3 is 2. The second-order valence-corrected chi connectivity index (χ2v) is 19.5. The predicted molar refractivity (Wildman–Crippen MR) is 223 cm³/mol. The summed E-state index contributed by atoms with van der Waals surface area (Å²) in [5, 5.41) is 32.9. The Morgan fingerprint density at radius 3 is 1.43 bits per heavy atom. The molecule has 2 aromatic carbocycles. The molecule has 0 aromatic heterocycles. The Bertz CT molecular complexity index is 2010. The minimum atomic E-state index is -3.10. The number of non-ortho nitro benzene ring substituents is 2. The highest BCUT2D eigenvalue weighted by Crippen LogP contribution is 2.46. The fraction of sp³-hybridized carbons (Fsp3) is 0.579. The van der Waals surface area contributed by atoms with Crippen molar-refractivity contribution in [2.45, 2.75) is 89.1 Å². The second kappa shape index (κ2) is 23.9. The number of rotatable bonds is 19. The molecule has 2 unspecified atom stereocenters. The molecule has 60 heavy (non-hydrogen) atoms. The number of hydrogen-bond donors (Lipinski definition) is 3. The van der Waals surface area contributed by atoms with E-state index in [-0.39, 0.29) is 47.6 Å². The summed E-state index contributed by atoms with van der Waals surface area (Å²) in [6.07, 6.45) is 9.08. The zero-order valence-electron chi connectivity index (χ0n) is 34.0. The lowest BCUT2D eigenvalue weighted by molar-refractivity contribution is -0.385. The van der Waals surface area contributed by atoms with E-state index >= 15 is 0 Å². The summed E-state index contributed by atoms with van der Waals surface area (Å²) in [6.45, 7) is 0. The summed E-state index contributed by atoms with van der Waals surface area (Å²) in [5.41, 5.74) is 5.63. The third-order valence-electron chi connectivity index (χ3n) is 10.4. The third-order valence-corrected chi connectivity index (χ3v) is 12.4. The molecule has 4 rings (SSSR count). The highest BCUT2D eigenvalue weighted by molar-refractivity contribution is 7.90. The van der Waals surface area contributed by atoms with Crippen LogP contribution in [0.15, 0.2) is 48.5 Å². The standard InChI is InChI=1S/C19H26N2O7S.C10H12N2O4.C9H16O4S.ClH/c1-28-17(22)16(13-14-5-7-15(8-6-14)21(24)25)20-18(23)19(9-3-10-19)11-4-12-29(2,26)27;1-16-10(13)9(11)6-7-2-4-8(5-3-7)12(14)15;1-14(12,13)7-3-6-9(8(10)11)4-2-5-9;/h5-8,16H,3-4,9-13H2,1-2H3,(H,20,23);2-5,9H,6,11H2,1H3;2-7H2,1H3,(H,10,11);1H. The number of carbonyl (C=O) groups excluding carboxylic acids is 3. The monoisotopic (exact) mass is 906 g/mol. The predicted octanol–water partition coefficient (Wildman–Crippen LogP) is 3.92. The number of carboxylic acids is 1. The van der Waals surface area contributed by atoms with Gasteiger partial charge < -0.3 is 25.6 Å². The molecule has 2 aromatic rings. The average Bonchev–Trinajstić information content (AvgIpc) is 3.12. The maximum absolute atomic E-state index is 12.9. The number of nitrogens with two attached hydrogens (primary N) is 1. The summed E-state index contributed by atoms with van der Waals surface area (Å²) in [4.78, 5) is 67.2.